The van der Waals surface area contributed by atoms with Gasteiger partial charge in [-0.3, -0.25) is 9.88 Å². The number of hydrogen-bond acceptors (Lipinski definition) is 4. The summed E-state index contributed by atoms with van der Waals surface area (Å²) in [7, 11) is 0. The van der Waals surface area contributed by atoms with Crippen molar-refractivity contribution in [1.29, 1.82) is 0 Å². The number of nitrogens with two attached hydrogens (primary N) is 1. The molecule has 5 heteroatoms. The Morgan fingerprint density at radius 1 is 1.56 bits per heavy atom. The highest BCUT2D eigenvalue weighted by atomic mass is 16.4. The van der Waals surface area contributed by atoms with Gasteiger partial charge in [-0.25, -0.2) is 0 Å². The minimum atomic E-state index is 0.226. The first-order valence-electron chi connectivity index (χ1n) is 5.35. The number of hydrogen-bond donors (Lipinski definition) is 2. The Kier molecular flexibility index (Phi) is 5.28. The van der Waals surface area contributed by atoms with Gasteiger partial charge in [-0.2, -0.15) is 0 Å². The van der Waals surface area contributed by atoms with E-state index in [-0.39, 0.29) is 5.84 Å². The molecule has 88 valence electrons. The Hall–Kier alpha value is -1.62. The highest BCUT2D eigenvalue weighted by molar-refractivity contribution is 5.81. The van der Waals surface area contributed by atoms with E-state index in [2.05, 4.69) is 22.0 Å². The first kappa shape index (κ1) is 12.4. The second kappa shape index (κ2) is 6.79. The van der Waals surface area contributed by atoms with E-state index in [4.69, 9.17) is 10.9 Å². The van der Waals surface area contributed by atoms with E-state index < -0.39 is 0 Å². The van der Waals surface area contributed by atoms with Crippen molar-refractivity contribution in [3.63, 3.8) is 0 Å². The van der Waals surface area contributed by atoms with Crippen LogP contribution in [0.1, 0.15) is 19.0 Å². The van der Waals surface area contributed by atoms with Crippen LogP contribution in [0.4, 0.5) is 0 Å². The Balaban J connectivity index is 2.57. The van der Waals surface area contributed by atoms with Gasteiger partial charge in [-0.05, 0) is 25.1 Å². The Bertz CT molecular complexity index is 326. The molecule has 1 heterocycles. The van der Waals surface area contributed by atoms with Crippen LogP contribution in [0.3, 0.4) is 0 Å². The molecule has 0 saturated heterocycles. The number of pyridine rings is 1. The lowest BCUT2D eigenvalue weighted by Crippen LogP contribution is -2.34. The zero-order valence-electron chi connectivity index (χ0n) is 9.50. The van der Waals surface area contributed by atoms with E-state index in [0.29, 0.717) is 13.1 Å². The van der Waals surface area contributed by atoms with E-state index in [1.54, 1.807) is 6.20 Å². The molecule has 0 aliphatic heterocycles. The van der Waals surface area contributed by atoms with Crippen molar-refractivity contribution in [2.24, 2.45) is 10.9 Å². The lowest BCUT2D eigenvalue weighted by atomic mass is 10.3. The van der Waals surface area contributed by atoms with Gasteiger partial charge in [0.2, 0.25) is 0 Å². The van der Waals surface area contributed by atoms with Crippen LogP contribution in [-0.4, -0.2) is 34.0 Å². The molecule has 0 bridgehead atoms. The summed E-state index contributed by atoms with van der Waals surface area (Å²) in [5.41, 5.74) is 6.48. The molecule has 0 spiro atoms. The van der Waals surface area contributed by atoms with Gasteiger partial charge in [0.15, 0.2) is 5.84 Å². The summed E-state index contributed by atoms with van der Waals surface area (Å²) in [4.78, 5) is 6.34. The van der Waals surface area contributed by atoms with Gasteiger partial charge in [0, 0.05) is 12.7 Å². The zero-order valence-corrected chi connectivity index (χ0v) is 9.50. The standard InChI is InChI=1S/C11H18N4O/c1-2-7-15(9-11(12)14-16)8-10-5-3-4-6-13-10/h3-6,16H,2,7-9H2,1H3,(H2,12,14). The monoisotopic (exact) mass is 222 g/mol. The van der Waals surface area contributed by atoms with E-state index in [0.717, 1.165) is 18.7 Å². The van der Waals surface area contributed by atoms with Crippen LogP contribution in [0.15, 0.2) is 29.6 Å². The van der Waals surface area contributed by atoms with E-state index in [9.17, 15) is 0 Å². The average Bonchev–Trinajstić information content (AvgIpc) is 2.30. The first-order chi connectivity index (χ1) is 7.76. The van der Waals surface area contributed by atoms with E-state index in [1.807, 2.05) is 18.2 Å². The molecule has 1 aromatic rings. The molecule has 1 rings (SSSR count). The van der Waals surface area contributed by atoms with Crippen LogP contribution < -0.4 is 5.73 Å². The lowest BCUT2D eigenvalue weighted by molar-refractivity contribution is 0.283. The highest BCUT2D eigenvalue weighted by Gasteiger charge is 2.07. The van der Waals surface area contributed by atoms with Crippen molar-refractivity contribution < 1.29 is 5.21 Å². The molecule has 0 aliphatic rings. The van der Waals surface area contributed by atoms with Crippen LogP contribution in [0.5, 0.6) is 0 Å². The molecule has 3 N–H and O–H groups in total. The highest BCUT2D eigenvalue weighted by Crippen LogP contribution is 2.01. The van der Waals surface area contributed by atoms with Gasteiger partial charge in [0.25, 0.3) is 0 Å². The Morgan fingerprint density at radius 3 is 2.94 bits per heavy atom. The summed E-state index contributed by atoms with van der Waals surface area (Å²) in [6, 6.07) is 5.81. The summed E-state index contributed by atoms with van der Waals surface area (Å²) >= 11 is 0. The van der Waals surface area contributed by atoms with Gasteiger partial charge in [-0.1, -0.05) is 18.1 Å². The van der Waals surface area contributed by atoms with Crippen LogP contribution in [0.25, 0.3) is 0 Å². The minimum Gasteiger partial charge on any atom is -0.409 e. The molecular weight excluding hydrogens is 204 g/mol. The predicted molar refractivity (Wildman–Crippen MR) is 63.2 cm³/mol. The fraction of sp³-hybridized carbons (Fsp3) is 0.455. The van der Waals surface area contributed by atoms with Crippen LogP contribution in [0.2, 0.25) is 0 Å². The zero-order chi connectivity index (χ0) is 11.8. The van der Waals surface area contributed by atoms with Crippen molar-refractivity contribution in [3.05, 3.63) is 30.1 Å². The molecule has 5 nitrogen and oxygen atoms in total. The Morgan fingerprint density at radius 2 is 2.38 bits per heavy atom. The number of amidine groups is 1. The predicted octanol–water partition coefficient (Wildman–Crippen LogP) is 1.04. The normalized spacial score (nSPS) is 12.0. The van der Waals surface area contributed by atoms with E-state index >= 15 is 0 Å². The van der Waals surface area contributed by atoms with Crippen molar-refractivity contribution in [1.82, 2.24) is 9.88 Å². The van der Waals surface area contributed by atoms with Gasteiger partial charge in [-0.15, -0.1) is 0 Å². The average molecular weight is 222 g/mol. The van der Waals surface area contributed by atoms with Crippen molar-refractivity contribution >= 4 is 5.84 Å². The van der Waals surface area contributed by atoms with Gasteiger partial charge in [0.1, 0.15) is 0 Å². The van der Waals surface area contributed by atoms with Crippen molar-refractivity contribution in [3.8, 4) is 0 Å². The largest absolute Gasteiger partial charge is 0.409 e. The molecular formula is C11H18N4O. The van der Waals surface area contributed by atoms with E-state index in [1.165, 1.54) is 0 Å². The molecule has 0 atom stereocenters. The fourth-order valence-corrected chi connectivity index (χ4v) is 1.51. The number of rotatable bonds is 6. The second-order valence-corrected chi connectivity index (χ2v) is 3.62. The third-order valence-electron chi connectivity index (χ3n) is 2.17. The summed E-state index contributed by atoms with van der Waals surface area (Å²) in [6.07, 6.45) is 2.79. The maximum Gasteiger partial charge on any atom is 0.153 e. The van der Waals surface area contributed by atoms with Gasteiger partial charge in [0.05, 0.1) is 12.2 Å². The van der Waals surface area contributed by atoms with Crippen molar-refractivity contribution in [2.75, 3.05) is 13.1 Å². The lowest BCUT2D eigenvalue weighted by Gasteiger charge is -2.20. The second-order valence-electron chi connectivity index (χ2n) is 3.62. The SMILES string of the molecule is CCCN(CC(N)=NO)Cc1ccccn1. The molecule has 0 aromatic carbocycles. The minimum absolute atomic E-state index is 0.226. The summed E-state index contributed by atoms with van der Waals surface area (Å²) in [6.45, 7) is 4.16. The van der Waals surface area contributed by atoms with Crippen LogP contribution in [0, 0.1) is 0 Å². The maximum atomic E-state index is 8.54. The Labute approximate surface area is 95.6 Å². The smallest absolute Gasteiger partial charge is 0.153 e. The molecule has 0 saturated carbocycles. The third kappa shape index (κ3) is 4.27. The van der Waals surface area contributed by atoms with Crippen LogP contribution >= 0.6 is 0 Å². The summed E-state index contributed by atoms with van der Waals surface area (Å²) in [5, 5.41) is 11.5. The van der Waals surface area contributed by atoms with Crippen molar-refractivity contribution in [2.45, 2.75) is 19.9 Å². The van der Waals surface area contributed by atoms with Crippen LogP contribution in [-0.2, 0) is 6.54 Å². The topological polar surface area (TPSA) is 74.7 Å². The molecule has 0 radical (unpaired) electrons. The summed E-state index contributed by atoms with van der Waals surface area (Å²) in [5.74, 6) is 0.226. The molecule has 0 aliphatic carbocycles. The molecule has 0 fully saturated rings. The number of oxime groups is 1. The molecule has 16 heavy (non-hydrogen) atoms. The van der Waals surface area contributed by atoms with Gasteiger partial charge >= 0.3 is 0 Å². The fourth-order valence-electron chi connectivity index (χ4n) is 1.51. The van der Waals surface area contributed by atoms with Gasteiger partial charge < -0.3 is 10.9 Å². The first-order valence-corrected chi connectivity index (χ1v) is 5.35. The molecule has 0 unspecified atom stereocenters. The number of aromatic nitrogens is 1. The third-order valence-corrected chi connectivity index (χ3v) is 2.17. The quantitative estimate of drug-likeness (QED) is 0.326. The number of nitrogens with zero attached hydrogens (tertiary/aromatic N) is 3. The molecule has 0 amide bonds. The maximum absolute atomic E-state index is 8.54. The molecule has 1 aromatic heterocycles. The summed E-state index contributed by atoms with van der Waals surface area (Å²) < 4.78 is 0.